The molecule has 0 heterocycles. The lowest BCUT2D eigenvalue weighted by molar-refractivity contribution is -0.154. The summed E-state index contributed by atoms with van der Waals surface area (Å²) in [6.07, 6.45) is 66.3. The Labute approximate surface area is 388 Å². The molecule has 0 aromatic carbocycles. The van der Waals surface area contributed by atoms with Crippen LogP contribution in [0.3, 0.4) is 0 Å². The van der Waals surface area contributed by atoms with Crippen LogP contribution in [-0.2, 0) is 27.9 Å². The number of hydrogen-bond donors (Lipinski definition) is 2. The maximum atomic E-state index is 12.6. The maximum Gasteiger partial charge on any atom is 0.472 e. The number of unbranched alkanes of at least 4 members (excludes halogenated alkanes) is 21. The van der Waals surface area contributed by atoms with Gasteiger partial charge in [-0.1, -0.05) is 227 Å². The molecule has 0 aromatic rings. The van der Waals surface area contributed by atoms with Crippen LogP contribution in [0, 0.1) is 0 Å². The summed E-state index contributed by atoms with van der Waals surface area (Å²) < 4.78 is 33.5. The van der Waals surface area contributed by atoms with Gasteiger partial charge >= 0.3 is 13.8 Å². The first-order valence-electron chi connectivity index (χ1n) is 25.6. The highest BCUT2D eigenvalue weighted by Crippen LogP contribution is 2.43. The van der Waals surface area contributed by atoms with Gasteiger partial charge in [0.1, 0.15) is 6.10 Å². The summed E-state index contributed by atoms with van der Waals surface area (Å²) in [6.45, 7) is 4.75. The Kier molecular flexibility index (Phi) is 48.8. The van der Waals surface area contributed by atoms with Crippen molar-refractivity contribution < 1.29 is 32.8 Å². The van der Waals surface area contributed by atoms with Gasteiger partial charge in [0.2, 0.25) is 0 Å². The van der Waals surface area contributed by atoms with E-state index in [9.17, 15) is 14.3 Å². The van der Waals surface area contributed by atoms with Gasteiger partial charge in [-0.05, 0) is 64.2 Å². The van der Waals surface area contributed by atoms with E-state index in [2.05, 4.69) is 98.9 Å². The van der Waals surface area contributed by atoms with Crippen molar-refractivity contribution in [2.75, 3.05) is 33.0 Å². The lowest BCUT2D eigenvalue weighted by Gasteiger charge is -2.20. The Morgan fingerprint density at radius 3 is 1.27 bits per heavy atom. The van der Waals surface area contributed by atoms with Crippen molar-refractivity contribution >= 4 is 13.8 Å². The number of carbonyl (C=O) groups excluding carboxylic acids is 1. The molecule has 364 valence electrons. The van der Waals surface area contributed by atoms with Gasteiger partial charge in [0.05, 0.1) is 19.8 Å². The van der Waals surface area contributed by atoms with E-state index in [0.717, 1.165) is 64.2 Å². The van der Waals surface area contributed by atoms with Crippen molar-refractivity contribution in [3.63, 3.8) is 0 Å². The first-order valence-corrected chi connectivity index (χ1v) is 27.1. The highest BCUT2D eigenvalue weighted by Gasteiger charge is 2.25. The summed E-state index contributed by atoms with van der Waals surface area (Å²) >= 11 is 0. The SMILES string of the molecule is CC/C=C\C/C=C\C/C=C\C/C=C\C/C=C\C/C=C\C/C=C\CCCC(=O)OC(COCCCCCCCCCCCCCCCCCCCCCCC)COP(=O)(O)OCCN. The molecule has 0 aliphatic heterocycles. The number of hydrogen-bond acceptors (Lipinski definition) is 7. The Morgan fingerprint density at radius 1 is 0.492 bits per heavy atom. The summed E-state index contributed by atoms with van der Waals surface area (Å²) in [5.41, 5.74) is 5.38. The number of esters is 1. The van der Waals surface area contributed by atoms with E-state index in [4.69, 9.17) is 24.3 Å². The van der Waals surface area contributed by atoms with E-state index in [1.165, 1.54) is 122 Å². The van der Waals surface area contributed by atoms with E-state index in [0.29, 0.717) is 13.0 Å². The normalized spacial score (nSPS) is 14.0. The van der Waals surface area contributed by atoms with Crippen LogP contribution in [0.5, 0.6) is 0 Å². The lowest BCUT2D eigenvalue weighted by atomic mass is 10.0. The average Bonchev–Trinajstić information content (AvgIpc) is 3.28. The monoisotopic (exact) mass is 902 g/mol. The molecule has 0 amide bonds. The predicted molar refractivity (Wildman–Crippen MR) is 270 cm³/mol. The summed E-state index contributed by atoms with van der Waals surface area (Å²) in [5.74, 6) is -0.387. The molecule has 9 heteroatoms. The third kappa shape index (κ3) is 50.5. The van der Waals surface area contributed by atoms with Gasteiger partial charge in [-0.3, -0.25) is 13.8 Å². The third-order valence-corrected chi connectivity index (χ3v) is 11.6. The van der Waals surface area contributed by atoms with Crippen LogP contribution in [0.4, 0.5) is 0 Å². The fraction of sp³-hybridized carbons (Fsp3) is 0.722. The van der Waals surface area contributed by atoms with Gasteiger partial charge in [0.25, 0.3) is 0 Å². The third-order valence-electron chi connectivity index (χ3n) is 10.6. The van der Waals surface area contributed by atoms with E-state index in [1.807, 2.05) is 0 Å². The van der Waals surface area contributed by atoms with Gasteiger partial charge in [-0.2, -0.15) is 0 Å². The number of phosphoric acid groups is 1. The van der Waals surface area contributed by atoms with Crippen molar-refractivity contribution in [3.8, 4) is 0 Å². The zero-order chi connectivity index (χ0) is 45.8. The first kappa shape index (κ1) is 60.7. The van der Waals surface area contributed by atoms with Crippen LogP contribution in [0.25, 0.3) is 0 Å². The summed E-state index contributed by atoms with van der Waals surface area (Å²) in [7, 11) is -4.30. The van der Waals surface area contributed by atoms with Gasteiger partial charge in [-0.25, -0.2) is 4.57 Å². The number of nitrogens with two attached hydrogens (primary N) is 1. The Morgan fingerprint density at radius 2 is 0.873 bits per heavy atom. The fourth-order valence-electron chi connectivity index (χ4n) is 6.87. The minimum absolute atomic E-state index is 0.0881. The quantitative estimate of drug-likeness (QED) is 0.0268. The van der Waals surface area contributed by atoms with Crippen LogP contribution in [-0.4, -0.2) is 49.9 Å². The van der Waals surface area contributed by atoms with Crippen molar-refractivity contribution in [2.24, 2.45) is 5.73 Å². The second-order valence-electron chi connectivity index (χ2n) is 16.7. The summed E-state index contributed by atoms with van der Waals surface area (Å²) in [6, 6.07) is 0. The number of phosphoric ester groups is 1. The molecule has 0 saturated carbocycles. The smallest absolute Gasteiger partial charge is 0.457 e. The van der Waals surface area contributed by atoms with Crippen LogP contribution >= 0.6 is 7.82 Å². The fourth-order valence-corrected chi connectivity index (χ4v) is 7.63. The number of ether oxygens (including phenoxy) is 2. The molecule has 3 N–H and O–H groups in total. The van der Waals surface area contributed by atoms with Crippen LogP contribution < -0.4 is 5.73 Å². The van der Waals surface area contributed by atoms with Gasteiger partial charge in [0.15, 0.2) is 0 Å². The molecular weight excluding hydrogens is 806 g/mol. The maximum absolute atomic E-state index is 12.6. The second-order valence-corrected chi connectivity index (χ2v) is 18.1. The molecule has 0 fully saturated rings. The largest absolute Gasteiger partial charge is 0.472 e. The Hall–Kier alpha value is -2.32. The zero-order valence-corrected chi connectivity index (χ0v) is 41.4. The highest BCUT2D eigenvalue weighted by molar-refractivity contribution is 7.47. The minimum atomic E-state index is -4.30. The molecule has 8 nitrogen and oxygen atoms in total. The molecule has 0 saturated heterocycles. The molecule has 2 unspecified atom stereocenters. The average molecular weight is 902 g/mol. The van der Waals surface area contributed by atoms with Gasteiger partial charge in [-0.15, -0.1) is 0 Å². The van der Waals surface area contributed by atoms with Crippen molar-refractivity contribution in [1.29, 1.82) is 0 Å². The first-order chi connectivity index (χ1) is 30.9. The zero-order valence-electron chi connectivity index (χ0n) is 40.5. The topological polar surface area (TPSA) is 117 Å². The van der Waals surface area contributed by atoms with Gasteiger partial charge < -0.3 is 20.1 Å². The number of rotatable bonds is 48. The van der Waals surface area contributed by atoms with E-state index in [-0.39, 0.29) is 38.8 Å². The molecule has 2 atom stereocenters. The lowest BCUT2D eigenvalue weighted by Crippen LogP contribution is -2.28. The minimum Gasteiger partial charge on any atom is -0.457 e. The van der Waals surface area contributed by atoms with Crippen LogP contribution in [0.1, 0.15) is 213 Å². The highest BCUT2D eigenvalue weighted by atomic mass is 31.2. The van der Waals surface area contributed by atoms with Crippen LogP contribution in [0.15, 0.2) is 85.1 Å². The molecule has 63 heavy (non-hydrogen) atoms. The molecule has 0 radical (unpaired) electrons. The molecule has 0 spiro atoms. The number of carbonyl (C=O) groups is 1. The van der Waals surface area contributed by atoms with E-state index >= 15 is 0 Å². The molecule has 0 rings (SSSR count). The molecular formula is C54H96NO7P. The van der Waals surface area contributed by atoms with Gasteiger partial charge in [0, 0.05) is 19.6 Å². The molecule has 0 bridgehead atoms. The Balaban J connectivity index is 4.06. The summed E-state index contributed by atoms with van der Waals surface area (Å²) in [4.78, 5) is 22.6. The number of allylic oxidation sites excluding steroid dienone is 14. The van der Waals surface area contributed by atoms with Crippen molar-refractivity contribution in [2.45, 2.75) is 219 Å². The standard InChI is InChI=1S/C54H96NO7P/c1-3-5-7-9-11-13-15-17-19-21-23-25-26-27-29-31-33-35-37-39-41-43-45-47-54(56)62-53(52-61-63(57,58)60-50-48-55)51-59-49-46-44-42-40-38-36-34-32-30-28-24-22-20-18-16-14-12-10-8-6-4-2/h5,7,11,13,17,19,23,25,27,29,33,35,39,41,53H,3-4,6,8-10,12,14-16,18,20-22,24,26,28,30-32,34,36-38,40,42-52,55H2,1-2H3,(H,57,58)/b7-5-,13-11-,19-17-,25-23-,29-27-,35-33-,41-39-. The predicted octanol–water partition coefficient (Wildman–Crippen LogP) is 16.0. The van der Waals surface area contributed by atoms with E-state index < -0.39 is 13.9 Å². The Bertz CT molecular complexity index is 1240. The van der Waals surface area contributed by atoms with Crippen molar-refractivity contribution in [3.05, 3.63) is 85.1 Å². The molecule has 0 aliphatic carbocycles. The van der Waals surface area contributed by atoms with E-state index in [1.54, 1.807) is 0 Å². The molecule has 0 aromatic heterocycles. The summed E-state index contributed by atoms with van der Waals surface area (Å²) in [5, 5.41) is 0. The van der Waals surface area contributed by atoms with Crippen LogP contribution in [0.2, 0.25) is 0 Å². The molecule has 0 aliphatic rings. The second kappa shape index (κ2) is 50.7. The van der Waals surface area contributed by atoms with Crippen molar-refractivity contribution in [1.82, 2.24) is 0 Å².